The van der Waals surface area contributed by atoms with E-state index in [4.69, 9.17) is 4.74 Å². The van der Waals surface area contributed by atoms with Crippen molar-refractivity contribution in [3.05, 3.63) is 28.3 Å². The molecule has 1 aromatic carbocycles. The Hall–Kier alpha value is -2.64. The number of carbonyl (C=O) groups is 1. The lowest BCUT2D eigenvalue weighted by Crippen LogP contribution is -2.08. The molecule has 0 aliphatic heterocycles. The minimum Gasteiger partial charge on any atom is -0.466 e. The smallest absolute Gasteiger partial charge is 0.305 e. The van der Waals surface area contributed by atoms with Gasteiger partial charge in [0.25, 0.3) is 5.69 Å². The van der Waals surface area contributed by atoms with Crippen molar-refractivity contribution in [2.75, 3.05) is 18.5 Å². The van der Waals surface area contributed by atoms with E-state index in [2.05, 4.69) is 15.3 Å². The molecule has 0 atom stereocenters. The Morgan fingerprint density at radius 3 is 3.05 bits per heavy atom. The van der Waals surface area contributed by atoms with Crippen LogP contribution in [0, 0.1) is 10.1 Å². The van der Waals surface area contributed by atoms with Crippen LogP contribution in [-0.4, -0.2) is 34.0 Å². The summed E-state index contributed by atoms with van der Waals surface area (Å²) in [7, 11) is 0. The van der Waals surface area contributed by atoms with Crippen LogP contribution >= 0.6 is 0 Å². The molecule has 0 aliphatic rings. The van der Waals surface area contributed by atoms with Crippen LogP contribution in [0.4, 0.5) is 11.6 Å². The highest BCUT2D eigenvalue weighted by molar-refractivity contribution is 5.79. The van der Waals surface area contributed by atoms with E-state index in [0.29, 0.717) is 43.0 Å². The van der Waals surface area contributed by atoms with E-state index in [9.17, 15) is 14.9 Å². The van der Waals surface area contributed by atoms with Crippen molar-refractivity contribution in [2.24, 2.45) is 0 Å². The fraction of sp³-hybridized carbons (Fsp3) is 0.385. The SMILES string of the molecule is CCOC(=O)CCCNc1nc2ccc([N+](=O)[O-])cc2[nH]1. The quantitative estimate of drug-likeness (QED) is 0.350. The number of imidazole rings is 1. The number of H-pyrrole nitrogens is 1. The van der Waals surface area contributed by atoms with Gasteiger partial charge in [-0.05, 0) is 19.4 Å². The molecule has 0 bridgehead atoms. The van der Waals surface area contributed by atoms with Crippen molar-refractivity contribution < 1.29 is 14.5 Å². The summed E-state index contributed by atoms with van der Waals surface area (Å²) in [5.74, 6) is 0.300. The lowest BCUT2D eigenvalue weighted by Gasteiger charge is -2.02. The number of nitro groups is 1. The van der Waals surface area contributed by atoms with E-state index >= 15 is 0 Å². The van der Waals surface area contributed by atoms with Gasteiger partial charge in [0.2, 0.25) is 5.95 Å². The number of esters is 1. The summed E-state index contributed by atoms with van der Waals surface area (Å²) in [4.78, 5) is 28.6. The normalized spacial score (nSPS) is 10.5. The number of hydrogen-bond donors (Lipinski definition) is 2. The average Bonchev–Trinajstić information content (AvgIpc) is 2.85. The first-order valence-corrected chi connectivity index (χ1v) is 6.64. The summed E-state index contributed by atoms with van der Waals surface area (Å²) in [5, 5.41) is 13.7. The van der Waals surface area contributed by atoms with Crippen molar-refractivity contribution in [2.45, 2.75) is 19.8 Å². The topological polar surface area (TPSA) is 110 Å². The summed E-state index contributed by atoms with van der Waals surface area (Å²) >= 11 is 0. The minimum atomic E-state index is -0.452. The maximum atomic E-state index is 11.2. The zero-order valence-electron chi connectivity index (χ0n) is 11.6. The predicted molar refractivity (Wildman–Crippen MR) is 77.1 cm³/mol. The zero-order valence-corrected chi connectivity index (χ0v) is 11.6. The zero-order chi connectivity index (χ0) is 15.2. The Balaban J connectivity index is 1.91. The number of non-ortho nitro benzene ring substituents is 1. The second-order valence-electron chi connectivity index (χ2n) is 4.38. The van der Waals surface area contributed by atoms with E-state index in [1.165, 1.54) is 12.1 Å². The molecular weight excluding hydrogens is 276 g/mol. The number of nitro benzene ring substituents is 1. The van der Waals surface area contributed by atoms with Gasteiger partial charge in [-0.3, -0.25) is 14.9 Å². The second kappa shape index (κ2) is 6.69. The van der Waals surface area contributed by atoms with Gasteiger partial charge in [0.05, 0.1) is 22.6 Å². The molecule has 8 nitrogen and oxygen atoms in total. The van der Waals surface area contributed by atoms with Gasteiger partial charge in [-0.1, -0.05) is 0 Å². The van der Waals surface area contributed by atoms with Crippen LogP contribution in [0.5, 0.6) is 0 Å². The molecule has 0 saturated carbocycles. The van der Waals surface area contributed by atoms with E-state index < -0.39 is 4.92 Å². The molecule has 0 spiro atoms. The van der Waals surface area contributed by atoms with Gasteiger partial charge in [0, 0.05) is 25.1 Å². The van der Waals surface area contributed by atoms with Crippen LogP contribution in [-0.2, 0) is 9.53 Å². The number of rotatable bonds is 7. The number of aromatic nitrogens is 2. The van der Waals surface area contributed by atoms with Gasteiger partial charge in [0.1, 0.15) is 0 Å². The molecule has 0 radical (unpaired) electrons. The molecule has 8 heteroatoms. The number of carbonyl (C=O) groups excluding carboxylic acids is 1. The lowest BCUT2D eigenvalue weighted by atomic mass is 10.3. The third-order valence-electron chi connectivity index (χ3n) is 2.83. The highest BCUT2D eigenvalue weighted by Crippen LogP contribution is 2.20. The lowest BCUT2D eigenvalue weighted by molar-refractivity contribution is -0.384. The van der Waals surface area contributed by atoms with Crippen molar-refractivity contribution >= 4 is 28.6 Å². The molecule has 0 fully saturated rings. The van der Waals surface area contributed by atoms with E-state index in [1.807, 2.05) is 0 Å². The number of anilines is 1. The Bertz CT molecular complexity index is 653. The Morgan fingerprint density at radius 1 is 1.52 bits per heavy atom. The van der Waals surface area contributed by atoms with Gasteiger partial charge >= 0.3 is 5.97 Å². The Labute approximate surface area is 120 Å². The predicted octanol–water partition coefficient (Wildman–Crippen LogP) is 2.23. The maximum Gasteiger partial charge on any atom is 0.305 e. The number of aromatic amines is 1. The summed E-state index contributed by atoms with van der Waals surface area (Å²) < 4.78 is 4.82. The summed E-state index contributed by atoms with van der Waals surface area (Å²) in [6.45, 7) is 2.71. The molecule has 112 valence electrons. The first-order valence-electron chi connectivity index (χ1n) is 6.64. The standard InChI is InChI=1S/C13H16N4O4/c1-2-21-12(18)4-3-7-14-13-15-10-6-5-9(17(19)20)8-11(10)16-13/h5-6,8H,2-4,7H2,1H3,(H2,14,15,16). The summed E-state index contributed by atoms with van der Waals surface area (Å²) in [6.07, 6.45) is 0.961. The molecule has 0 aliphatic carbocycles. The number of nitrogens with zero attached hydrogens (tertiary/aromatic N) is 2. The molecule has 1 heterocycles. The van der Waals surface area contributed by atoms with Gasteiger partial charge < -0.3 is 15.0 Å². The summed E-state index contributed by atoms with van der Waals surface area (Å²) in [6, 6.07) is 4.44. The number of nitrogens with one attached hydrogen (secondary N) is 2. The van der Waals surface area contributed by atoms with Crippen LogP contribution in [0.3, 0.4) is 0 Å². The number of fused-ring (bicyclic) bond motifs is 1. The maximum absolute atomic E-state index is 11.2. The molecule has 0 saturated heterocycles. The molecule has 21 heavy (non-hydrogen) atoms. The van der Waals surface area contributed by atoms with E-state index in [1.54, 1.807) is 13.0 Å². The molecule has 2 N–H and O–H groups in total. The number of hydrogen-bond acceptors (Lipinski definition) is 6. The van der Waals surface area contributed by atoms with Crippen LogP contribution in [0.15, 0.2) is 18.2 Å². The molecular formula is C13H16N4O4. The fourth-order valence-corrected chi connectivity index (χ4v) is 1.87. The monoisotopic (exact) mass is 292 g/mol. The van der Waals surface area contributed by atoms with Crippen LogP contribution in [0.1, 0.15) is 19.8 Å². The molecule has 1 aromatic heterocycles. The Kier molecular flexibility index (Phi) is 4.70. The van der Waals surface area contributed by atoms with Crippen LogP contribution < -0.4 is 5.32 Å². The van der Waals surface area contributed by atoms with Gasteiger partial charge in [0.15, 0.2) is 0 Å². The largest absolute Gasteiger partial charge is 0.466 e. The summed E-state index contributed by atoms with van der Waals surface area (Å²) in [5.41, 5.74) is 1.26. The average molecular weight is 292 g/mol. The van der Waals surface area contributed by atoms with Gasteiger partial charge in [-0.2, -0.15) is 0 Å². The Morgan fingerprint density at radius 2 is 2.33 bits per heavy atom. The first-order chi connectivity index (χ1) is 10.1. The van der Waals surface area contributed by atoms with E-state index in [0.717, 1.165) is 0 Å². The minimum absolute atomic E-state index is 0.0139. The molecule has 0 amide bonds. The third-order valence-corrected chi connectivity index (χ3v) is 2.83. The van der Waals surface area contributed by atoms with Gasteiger partial charge in [-0.15, -0.1) is 0 Å². The second-order valence-corrected chi connectivity index (χ2v) is 4.38. The molecule has 2 aromatic rings. The van der Waals surface area contributed by atoms with Gasteiger partial charge in [-0.25, -0.2) is 4.98 Å². The van der Waals surface area contributed by atoms with Crippen molar-refractivity contribution in [3.8, 4) is 0 Å². The number of ether oxygens (including phenoxy) is 1. The molecule has 2 rings (SSSR count). The highest BCUT2D eigenvalue weighted by atomic mass is 16.6. The first kappa shape index (κ1) is 14.8. The van der Waals surface area contributed by atoms with Crippen LogP contribution in [0.2, 0.25) is 0 Å². The van der Waals surface area contributed by atoms with E-state index in [-0.39, 0.29) is 11.7 Å². The number of benzene rings is 1. The molecule has 0 unspecified atom stereocenters. The van der Waals surface area contributed by atoms with Crippen molar-refractivity contribution in [1.29, 1.82) is 0 Å². The third kappa shape index (κ3) is 3.91. The van der Waals surface area contributed by atoms with Crippen LogP contribution in [0.25, 0.3) is 11.0 Å². The fourth-order valence-electron chi connectivity index (χ4n) is 1.87. The van der Waals surface area contributed by atoms with Crippen molar-refractivity contribution in [3.63, 3.8) is 0 Å². The van der Waals surface area contributed by atoms with Crippen molar-refractivity contribution in [1.82, 2.24) is 9.97 Å². The highest BCUT2D eigenvalue weighted by Gasteiger charge is 2.09.